The molecule has 6 nitrogen and oxygen atoms in total. The van der Waals surface area contributed by atoms with Crippen LogP contribution in [0, 0.1) is 0 Å². The Labute approximate surface area is 144 Å². The van der Waals surface area contributed by atoms with Gasteiger partial charge in [0.1, 0.15) is 5.69 Å². The number of primary amides is 1. The molecule has 2 heterocycles. The van der Waals surface area contributed by atoms with Crippen molar-refractivity contribution in [1.29, 1.82) is 0 Å². The predicted molar refractivity (Wildman–Crippen MR) is 92.3 cm³/mol. The van der Waals surface area contributed by atoms with E-state index >= 15 is 0 Å². The summed E-state index contributed by atoms with van der Waals surface area (Å²) in [5, 5.41) is 3.68. The first kappa shape index (κ1) is 16.3. The molecule has 3 N–H and O–H groups in total. The summed E-state index contributed by atoms with van der Waals surface area (Å²) in [6.45, 7) is 1.57. The molecule has 1 unspecified atom stereocenters. The molecule has 0 saturated carbocycles. The van der Waals surface area contributed by atoms with Crippen LogP contribution < -0.4 is 16.0 Å². The molecule has 1 aliphatic heterocycles. The zero-order valence-corrected chi connectivity index (χ0v) is 13.7. The number of pyridine rings is 1. The molecule has 7 heteroatoms. The van der Waals surface area contributed by atoms with Gasteiger partial charge in [-0.05, 0) is 36.8 Å². The van der Waals surface area contributed by atoms with Crippen LogP contribution in [0.3, 0.4) is 0 Å². The van der Waals surface area contributed by atoms with Gasteiger partial charge in [-0.2, -0.15) is 0 Å². The van der Waals surface area contributed by atoms with E-state index in [1.165, 1.54) is 12.3 Å². The molecule has 1 aliphatic rings. The molecule has 0 spiro atoms. The first-order valence-corrected chi connectivity index (χ1v) is 7.98. The van der Waals surface area contributed by atoms with Crippen molar-refractivity contribution < 1.29 is 9.59 Å². The van der Waals surface area contributed by atoms with E-state index in [2.05, 4.69) is 15.2 Å². The quantitative estimate of drug-likeness (QED) is 0.885. The van der Waals surface area contributed by atoms with Crippen molar-refractivity contribution in [2.45, 2.75) is 12.5 Å². The Balaban J connectivity index is 1.60. The maximum atomic E-state index is 12.3. The van der Waals surface area contributed by atoms with Gasteiger partial charge in [-0.1, -0.05) is 17.7 Å². The molecule has 24 heavy (non-hydrogen) atoms. The minimum atomic E-state index is -0.616. The van der Waals surface area contributed by atoms with Crippen molar-refractivity contribution in [3.05, 3.63) is 58.9 Å². The topological polar surface area (TPSA) is 88.3 Å². The SMILES string of the molecule is NC(=O)c1ccc(C(=O)NC2CCN(c3cccc(Cl)c3)C2)cn1. The summed E-state index contributed by atoms with van der Waals surface area (Å²) in [7, 11) is 0. The van der Waals surface area contributed by atoms with Crippen molar-refractivity contribution in [2.24, 2.45) is 5.73 Å². The number of carbonyl (C=O) groups is 2. The molecule has 0 radical (unpaired) electrons. The largest absolute Gasteiger partial charge is 0.369 e. The lowest BCUT2D eigenvalue weighted by atomic mass is 10.2. The molecular formula is C17H17ClN4O2. The summed E-state index contributed by atoms with van der Waals surface area (Å²) < 4.78 is 0. The highest BCUT2D eigenvalue weighted by atomic mass is 35.5. The number of anilines is 1. The fourth-order valence-corrected chi connectivity index (χ4v) is 2.91. The minimum absolute atomic E-state index is 0.0484. The van der Waals surface area contributed by atoms with Gasteiger partial charge in [0.2, 0.25) is 0 Å². The lowest BCUT2D eigenvalue weighted by molar-refractivity contribution is 0.0937. The number of carbonyl (C=O) groups excluding carboxylic acids is 2. The normalized spacial score (nSPS) is 16.9. The third-order valence-electron chi connectivity index (χ3n) is 3.97. The number of halogens is 1. The minimum Gasteiger partial charge on any atom is -0.369 e. The Hall–Kier alpha value is -2.60. The van der Waals surface area contributed by atoms with Crippen LogP contribution in [0.25, 0.3) is 0 Å². The predicted octanol–water partition coefficient (Wildman–Crippen LogP) is 1.84. The third kappa shape index (κ3) is 3.65. The van der Waals surface area contributed by atoms with Crippen LogP contribution in [0.5, 0.6) is 0 Å². The van der Waals surface area contributed by atoms with Crippen molar-refractivity contribution in [1.82, 2.24) is 10.3 Å². The Kier molecular flexibility index (Phi) is 4.66. The fourth-order valence-electron chi connectivity index (χ4n) is 2.73. The maximum absolute atomic E-state index is 12.3. The second-order valence-electron chi connectivity index (χ2n) is 5.68. The number of nitrogens with two attached hydrogens (primary N) is 1. The second kappa shape index (κ2) is 6.88. The lowest BCUT2D eigenvalue weighted by Crippen LogP contribution is -2.37. The Morgan fingerprint density at radius 2 is 2.12 bits per heavy atom. The number of aromatic nitrogens is 1. The average molecular weight is 345 g/mol. The van der Waals surface area contributed by atoms with Crippen LogP contribution in [-0.2, 0) is 0 Å². The van der Waals surface area contributed by atoms with Gasteiger partial charge in [0.25, 0.3) is 11.8 Å². The summed E-state index contributed by atoms with van der Waals surface area (Å²) >= 11 is 6.02. The van der Waals surface area contributed by atoms with E-state index in [0.29, 0.717) is 10.6 Å². The van der Waals surface area contributed by atoms with Crippen LogP contribution in [0.2, 0.25) is 5.02 Å². The van der Waals surface area contributed by atoms with E-state index < -0.39 is 5.91 Å². The highest BCUT2D eigenvalue weighted by Crippen LogP contribution is 2.23. The molecule has 0 aliphatic carbocycles. The van der Waals surface area contributed by atoms with Gasteiger partial charge in [0.05, 0.1) is 5.56 Å². The van der Waals surface area contributed by atoms with E-state index in [4.69, 9.17) is 17.3 Å². The summed E-state index contributed by atoms with van der Waals surface area (Å²) in [5.74, 6) is -0.827. The molecule has 3 rings (SSSR count). The van der Waals surface area contributed by atoms with Crippen LogP contribution in [-0.4, -0.2) is 35.9 Å². The molecule has 1 fully saturated rings. The molecule has 2 aromatic rings. The maximum Gasteiger partial charge on any atom is 0.267 e. The van der Waals surface area contributed by atoms with Crippen molar-refractivity contribution in [2.75, 3.05) is 18.0 Å². The number of benzene rings is 1. The van der Waals surface area contributed by atoms with Crippen molar-refractivity contribution in [3.63, 3.8) is 0 Å². The van der Waals surface area contributed by atoms with Gasteiger partial charge >= 0.3 is 0 Å². The van der Waals surface area contributed by atoms with Crippen LogP contribution >= 0.6 is 11.6 Å². The monoisotopic (exact) mass is 344 g/mol. The molecule has 1 aromatic heterocycles. The molecule has 1 aromatic carbocycles. The first-order chi connectivity index (χ1) is 11.5. The van der Waals surface area contributed by atoms with E-state index in [9.17, 15) is 9.59 Å². The molecule has 1 atom stereocenters. The number of nitrogens with zero attached hydrogens (tertiary/aromatic N) is 2. The molecular weight excluding hydrogens is 328 g/mol. The highest BCUT2D eigenvalue weighted by Gasteiger charge is 2.24. The molecule has 124 valence electrons. The van der Waals surface area contributed by atoms with Gasteiger partial charge in [0, 0.05) is 36.0 Å². The van der Waals surface area contributed by atoms with Gasteiger partial charge in [-0.3, -0.25) is 14.6 Å². The third-order valence-corrected chi connectivity index (χ3v) is 4.21. The fraction of sp³-hybridized carbons (Fsp3) is 0.235. The number of amides is 2. The summed E-state index contributed by atoms with van der Waals surface area (Å²) in [6, 6.07) is 10.7. The van der Waals surface area contributed by atoms with Gasteiger partial charge in [0.15, 0.2) is 0 Å². The van der Waals surface area contributed by atoms with Crippen LogP contribution in [0.1, 0.15) is 27.3 Å². The number of rotatable bonds is 4. The number of hydrogen-bond donors (Lipinski definition) is 2. The van der Waals surface area contributed by atoms with Crippen LogP contribution in [0.15, 0.2) is 42.6 Å². The Morgan fingerprint density at radius 1 is 1.29 bits per heavy atom. The summed E-state index contributed by atoms with van der Waals surface area (Å²) in [4.78, 5) is 29.3. The van der Waals surface area contributed by atoms with Crippen LogP contribution in [0.4, 0.5) is 5.69 Å². The zero-order chi connectivity index (χ0) is 17.1. The Bertz CT molecular complexity index is 763. The van der Waals surface area contributed by atoms with E-state index in [1.807, 2.05) is 24.3 Å². The number of nitrogens with one attached hydrogen (secondary N) is 1. The van der Waals surface area contributed by atoms with Gasteiger partial charge < -0.3 is 16.0 Å². The summed E-state index contributed by atoms with van der Waals surface area (Å²) in [5.41, 5.74) is 6.73. The molecule has 1 saturated heterocycles. The van der Waals surface area contributed by atoms with E-state index in [0.717, 1.165) is 25.2 Å². The molecule has 0 bridgehead atoms. The number of hydrogen-bond acceptors (Lipinski definition) is 4. The summed E-state index contributed by atoms with van der Waals surface area (Å²) in [6.07, 6.45) is 2.21. The average Bonchev–Trinajstić information content (AvgIpc) is 3.03. The second-order valence-corrected chi connectivity index (χ2v) is 6.12. The lowest BCUT2D eigenvalue weighted by Gasteiger charge is -2.19. The van der Waals surface area contributed by atoms with Crippen molar-refractivity contribution >= 4 is 29.1 Å². The smallest absolute Gasteiger partial charge is 0.267 e. The zero-order valence-electron chi connectivity index (χ0n) is 12.9. The molecule has 2 amide bonds. The van der Waals surface area contributed by atoms with Gasteiger partial charge in [-0.15, -0.1) is 0 Å². The first-order valence-electron chi connectivity index (χ1n) is 7.60. The van der Waals surface area contributed by atoms with E-state index in [-0.39, 0.29) is 17.6 Å². The van der Waals surface area contributed by atoms with Gasteiger partial charge in [-0.25, -0.2) is 0 Å². The Morgan fingerprint density at radius 3 is 2.79 bits per heavy atom. The van der Waals surface area contributed by atoms with Crippen molar-refractivity contribution in [3.8, 4) is 0 Å². The standard InChI is InChI=1S/C17H17ClN4O2/c18-12-2-1-3-14(8-12)22-7-6-13(10-22)21-17(24)11-4-5-15(16(19)23)20-9-11/h1-5,8-9,13H,6-7,10H2,(H2,19,23)(H,21,24). The highest BCUT2D eigenvalue weighted by molar-refractivity contribution is 6.30. The van der Waals surface area contributed by atoms with E-state index in [1.54, 1.807) is 6.07 Å².